The summed E-state index contributed by atoms with van der Waals surface area (Å²) in [5, 5.41) is 13.6. The van der Waals surface area contributed by atoms with Gasteiger partial charge >= 0.3 is 5.97 Å². The second-order valence-corrected chi connectivity index (χ2v) is 11.3. The fourth-order valence-corrected chi connectivity index (χ4v) is 7.09. The highest BCUT2D eigenvalue weighted by molar-refractivity contribution is 7.94. The van der Waals surface area contributed by atoms with Crippen LogP contribution >= 0.6 is 0 Å². The molecule has 2 heterocycles. The molecule has 9 nitrogen and oxygen atoms in total. The van der Waals surface area contributed by atoms with E-state index < -0.39 is 25.3 Å². The lowest BCUT2D eigenvalue weighted by Crippen LogP contribution is -2.51. The Morgan fingerprint density at radius 2 is 2.00 bits per heavy atom. The van der Waals surface area contributed by atoms with Crippen molar-refractivity contribution in [2.75, 3.05) is 26.3 Å². The van der Waals surface area contributed by atoms with Crippen molar-refractivity contribution in [2.45, 2.75) is 62.4 Å². The van der Waals surface area contributed by atoms with Crippen molar-refractivity contribution in [3.05, 3.63) is 17.0 Å². The van der Waals surface area contributed by atoms with Crippen LogP contribution < -0.4 is 0 Å². The predicted molar refractivity (Wildman–Crippen MR) is 110 cm³/mol. The number of esters is 1. The SMILES string of the molecule is CCOC(=O)c1nn(C)c2c1CCN(CC1(S(=O)(=O)C(C)(CC)CCO)CC1)C2=O. The Morgan fingerprint density at radius 1 is 1.33 bits per heavy atom. The van der Waals surface area contributed by atoms with Gasteiger partial charge in [0.25, 0.3) is 5.91 Å². The van der Waals surface area contributed by atoms with Crippen molar-refractivity contribution in [1.82, 2.24) is 14.7 Å². The highest BCUT2D eigenvalue weighted by atomic mass is 32.2. The first kappa shape index (κ1) is 22.7. The molecule has 1 aliphatic carbocycles. The second kappa shape index (κ2) is 7.96. The molecule has 168 valence electrons. The number of sulfone groups is 1. The Bertz CT molecular complexity index is 950. The number of hydrogen-bond acceptors (Lipinski definition) is 7. The van der Waals surface area contributed by atoms with Crippen LogP contribution in [0.3, 0.4) is 0 Å². The minimum atomic E-state index is -3.58. The lowest BCUT2D eigenvalue weighted by atomic mass is 10.0. The molecule has 10 heteroatoms. The Morgan fingerprint density at radius 3 is 2.53 bits per heavy atom. The Labute approximate surface area is 177 Å². The zero-order valence-electron chi connectivity index (χ0n) is 18.1. The van der Waals surface area contributed by atoms with Crippen molar-refractivity contribution in [1.29, 1.82) is 0 Å². The molecular weight excluding hydrogens is 410 g/mol. The van der Waals surface area contributed by atoms with Crippen LogP contribution in [0.25, 0.3) is 0 Å². The zero-order valence-corrected chi connectivity index (χ0v) is 18.9. The highest BCUT2D eigenvalue weighted by Crippen LogP contribution is 2.50. The van der Waals surface area contributed by atoms with E-state index in [0.29, 0.717) is 43.5 Å². The number of aliphatic hydroxyl groups is 1. The van der Waals surface area contributed by atoms with Crippen LogP contribution in [0.1, 0.15) is 73.0 Å². The third-order valence-corrected chi connectivity index (χ3v) is 10.1. The molecule has 0 radical (unpaired) electrons. The molecule has 1 aromatic heterocycles. The van der Waals surface area contributed by atoms with Gasteiger partial charge in [0.1, 0.15) is 5.69 Å². The van der Waals surface area contributed by atoms with Crippen LogP contribution in [-0.4, -0.2) is 75.9 Å². The van der Waals surface area contributed by atoms with E-state index in [4.69, 9.17) is 4.74 Å². The first-order chi connectivity index (χ1) is 14.1. The molecule has 1 aromatic rings. The summed E-state index contributed by atoms with van der Waals surface area (Å²) < 4.78 is 31.4. The number of carbonyl (C=O) groups is 2. The number of rotatable bonds is 9. The van der Waals surface area contributed by atoms with E-state index in [-0.39, 0.29) is 37.8 Å². The molecule has 0 saturated heterocycles. The van der Waals surface area contributed by atoms with Gasteiger partial charge in [0, 0.05) is 32.3 Å². The second-order valence-electron chi connectivity index (χ2n) is 8.46. The van der Waals surface area contributed by atoms with E-state index in [1.165, 1.54) is 4.68 Å². The number of aryl methyl sites for hydroxylation is 1. The molecule has 1 atom stereocenters. The maximum atomic E-state index is 13.5. The Hall–Kier alpha value is -1.94. The molecule has 0 aromatic carbocycles. The normalized spacial score (nSPS) is 19.9. The van der Waals surface area contributed by atoms with Gasteiger partial charge in [0.05, 0.1) is 16.1 Å². The third kappa shape index (κ3) is 3.43. The average Bonchev–Trinajstić information content (AvgIpc) is 3.41. The first-order valence-corrected chi connectivity index (χ1v) is 11.9. The summed E-state index contributed by atoms with van der Waals surface area (Å²) in [6.45, 7) is 5.66. The number of amides is 1. The third-order valence-electron chi connectivity index (χ3n) is 6.63. The molecule has 30 heavy (non-hydrogen) atoms. The van der Waals surface area contributed by atoms with Gasteiger partial charge in [0.15, 0.2) is 15.5 Å². The number of hydrogen-bond donors (Lipinski definition) is 1. The van der Waals surface area contributed by atoms with Crippen molar-refractivity contribution in [3.63, 3.8) is 0 Å². The van der Waals surface area contributed by atoms with Crippen molar-refractivity contribution in [2.24, 2.45) is 7.05 Å². The lowest BCUT2D eigenvalue weighted by Gasteiger charge is -2.36. The largest absolute Gasteiger partial charge is 0.461 e. The quantitative estimate of drug-likeness (QED) is 0.570. The zero-order chi connectivity index (χ0) is 22.3. The van der Waals surface area contributed by atoms with Gasteiger partial charge in [-0.25, -0.2) is 13.2 Å². The molecule has 0 spiro atoms. The highest BCUT2D eigenvalue weighted by Gasteiger charge is 2.61. The van der Waals surface area contributed by atoms with Crippen molar-refractivity contribution >= 4 is 21.7 Å². The summed E-state index contributed by atoms with van der Waals surface area (Å²) in [5.74, 6) is -0.872. The van der Waals surface area contributed by atoms with E-state index in [2.05, 4.69) is 5.10 Å². The van der Waals surface area contributed by atoms with E-state index in [1.54, 1.807) is 25.8 Å². The van der Waals surface area contributed by atoms with Crippen LogP contribution in [0.5, 0.6) is 0 Å². The summed E-state index contributed by atoms with van der Waals surface area (Å²) >= 11 is 0. The molecule has 3 rings (SSSR count). The smallest absolute Gasteiger partial charge is 0.359 e. The van der Waals surface area contributed by atoms with Gasteiger partial charge in [-0.05, 0) is 46.0 Å². The number of carbonyl (C=O) groups excluding carboxylic acids is 2. The van der Waals surface area contributed by atoms with E-state index in [0.717, 1.165) is 0 Å². The van der Waals surface area contributed by atoms with Crippen LogP contribution in [0.2, 0.25) is 0 Å². The summed E-state index contributed by atoms with van der Waals surface area (Å²) in [6.07, 6.45) is 2.01. The van der Waals surface area contributed by atoms with Gasteiger partial charge < -0.3 is 14.7 Å². The Kier molecular flexibility index (Phi) is 6.03. The summed E-state index contributed by atoms with van der Waals surface area (Å²) in [4.78, 5) is 26.9. The standard InChI is InChI=1S/C20H31N3O6S/c1-5-19(3,10-12-24)30(27,28)20(8-9-20)13-23-11-7-14-15(18(26)29-6-2)21-22(4)16(14)17(23)25/h24H,5-13H2,1-4H3. The molecular formula is C20H31N3O6S. The number of aromatic nitrogens is 2. The maximum Gasteiger partial charge on any atom is 0.359 e. The molecule has 1 fully saturated rings. The van der Waals surface area contributed by atoms with Crippen LogP contribution in [0.15, 0.2) is 0 Å². The molecule has 1 saturated carbocycles. The molecule has 1 N–H and O–H groups in total. The number of fused-ring (bicyclic) bond motifs is 1. The lowest BCUT2D eigenvalue weighted by molar-refractivity contribution is 0.0517. The van der Waals surface area contributed by atoms with E-state index in [9.17, 15) is 23.1 Å². The monoisotopic (exact) mass is 441 g/mol. The summed E-state index contributed by atoms with van der Waals surface area (Å²) in [5.41, 5.74) is 1.02. The van der Waals surface area contributed by atoms with Gasteiger partial charge in [0.2, 0.25) is 0 Å². The Balaban J connectivity index is 1.87. The molecule has 0 bridgehead atoms. The van der Waals surface area contributed by atoms with E-state index >= 15 is 0 Å². The van der Waals surface area contributed by atoms with E-state index in [1.807, 2.05) is 6.92 Å². The van der Waals surface area contributed by atoms with Crippen LogP contribution in [-0.2, 0) is 28.0 Å². The topological polar surface area (TPSA) is 119 Å². The van der Waals surface area contributed by atoms with Crippen molar-refractivity contribution in [3.8, 4) is 0 Å². The fourth-order valence-electron chi connectivity index (χ4n) is 4.34. The maximum absolute atomic E-state index is 13.5. The van der Waals surface area contributed by atoms with Crippen LogP contribution in [0, 0.1) is 0 Å². The fraction of sp³-hybridized carbons (Fsp3) is 0.750. The van der Waals surface area contributed by atoms with Gasteiger partial charge in [-0.2, -0.15) is 5.10 Å². The molecule has 1 unspecified atom stereocenters. The first-order valence-electron chi connectivity index (χ1n) is 10.4. The van der Waals surface area contributed by atoms with Gasteiger partial charge in [-0.15, -0.1) is 0 Å². The summed E-state index contributed by atoms with van der Waals surface area (Å²) in [6, 6.07) is 0. The number of nitrogens with zero attached hydrogens (tertiary/aromatic N) is 3. The molecule has 2 aliphatic rings. The minimum absolute atomic E-state index is 0.120. The van der Waals surface area contributed by atoms with Crippen LogP contribution in [0.4, 0.5) is 0 Å². The van der Waals surface area contributed by atoms with Gasteiger partial charge in [-0.3, -0.25) is 9.48 Å². The van der Waals surface area contributed by atoms with Gasteiger partial charge in [-0.1, -0.05) is 6.92 Å². The molecule has 1 amide bonds. The predicted octanol–water partition coefficient (Wildman–Crippen LogP) is 1.09. The summed E-state index contributed by atoms with van der Waals surface area (Å²) in [7, 11) is -1.98. The van der Waals surface area contributed by atoms with Crippen molar-refractivity contribution < 1.29 is 27.9 Å². The molecule has 1 aliphatic heterocycles. The minimum Gasteiger partial charge on any atom is -0.461 e. The number of aliphatic hydroxyl groups excluding tert-OH is 1. The number of ether oxygens (including phenoxy) is 1. The average molecular weight is 442 g/mol.